The Labute approximate surface area is 153 Å². The second-order valence-corrected chi connectivity index (χ2v) is 7.29. The van der Waals surface area contributed by atoms with Crippen molar-refractivity contribution in [1.29, 1.82) is 0 Å². The minimum atomic E-state index is -0.888. The highest BCUT2D eigenvalue weighted by Crippen LogP contribution is 2.56. The van der Waals surface area contributed by atoms with Crippen LogP contribution in [0, 0.1) is 11.3 Å². The molecule has 0 spiro atoms. The fourth-order valence-corrected chi connectivity index (χ4v) is 4.47. The molecule has 1 aromatic rings. The van der Waals surface area contributed by atoms with Gasteiger partial charge in [-0.2, -0.15) is 0 Å². The number of Topliss-reactive ketones (excluding diaryl/α,β-unsaturated/α-hetero) is 2. The zero-order valence-electron chi connectivity index (χ0n) is 15.6. The molecule has 0 amide bonds. The number of carbonyl (C=O) groups is 2. The van der Waals surface area contributed by atoms with Crippen LogP contribution in [0.1, 0.15) is 38.7 Å². The van der Waals surface area contributed by atoms with E-state index in [1.54, 1.807) is 38.1 Å². The maximum absolute atomic E-state index is 13.4. The minimum Gasteiger partial charge on any atom is -0.504 e. The van der Waals surface area contributed by atoms with Crippen molar-refractivity contribution >= 4 is 11.6 Å². The molecule has 0 aliphatic heterocycles. The maximum atomic E-state index is 13.4. The highest BCUT2D eigenvalue weighted by Gasteiger charge is 2.56. The van der Waals surface area contributed by atoms with Crippen molar-refractivity contribution in [2.45, 2.75) is 33.1 Å². The third kappa shape index (κ3) is 2.36. The molecule has 136 valence electrons. The molecule has 2 aliphatic rings. The molecule has 1 N–H and O–H groups in total. The van der Waals surface area contributed by atoms with Gasteiger partial charge in [0.1, 0.15) is 0 Å². The summed E-state index contributed by atoms with van der Waals surface area (Å²) in [5.41, 5.74) is 1.96. The van der Waals surface area contributed by atoms with Crippen LogP contribution < -0.4 is 4.74 Å². The predicted molar refractivity (Wildman–Crippen MR) is 100 cm³/mol. The number of phenols is 1. The van der Waals surface area contributed by atoms with Gasteiger partial charge in [0.05, 0.1) is 12.5 Å². The van der Waals surface area contributed by atoms with Crippen LogP contribution in [0.25, 0.3) is 0 Å². The highest BCUT2D eigenvalue weighted by molar-refractivity contribution is 6.15. The van der Waals surface area contributed by atoms with Gasteiger partial charge in [-0.05, 0) is 54.7 Å². The molecule has 26 heavy (non-hydrogen) atoms. The molecule has 0 aromatic heterocycles. The minimum absolute atomic E-state index is 0.00379. The number of phenolic OH excluding ortho intramolecular Hbond substituents is 1. The van der Waals surface area contributed by atoms with E-state index in [1.165, 1.54) is 7.11 Å². The van der Waals surface area contributed by atoms with Gasteiger partial charge in [0.25, 0.3) is 0 Å². The van der Waals surface area contributed by atoms with Crippen molar-refractivity contribution in [3.05, 3.63) is 59.2 Å². The molecular formula is C22H24O4. The molecule has 3 rings (SSSR count). The van der Waals surface area contributed by atoms with E-state index in [1.807, 2.05) is 13.0 Å². The Kier molecular flexibility index (Phi) is 4.39. The normalized spacial score (nSPS) is 28.5. The van der Waals surface area contributed by atoms with Gasteiger partial charge >= 0.3 is 0 Å². The molecule has 0 fully saturated rings. The first kappa shape index (κ1) is 18.2. The van der Waals surface area contributed by atoms with E-state index in [-0.39, 0.29) is 23.2 Å². The maximum Gasteiger partial charge on any atom is 0.166 e. The van der Waals surface area contributed by atoms with Crippen molar-refractivity contribution < 1.29 is 19.4 Å². The lowest BCUT2D eigenvalue weighted by Gasteiger charge is -2.48. The van der Waals surface area contributed by atoms with Gasteiger partial charge in [0.15, 0.2) is 23.1 Å². The number of methoxy groups -OCH3 is 1. The molecule has 0 heterocycles. The van der Waals surface area contributed by atoms with Crippen LogP contribution in [-0.2, 0) is 9.59 Å². The third-order valence-electron chi connectivity index (χ3n) is 6.10. The summed E-state index contributed by atoms with van der Waals surface area (Å²) in [5, 5.41) is 9.94. The molecule has 0 radical (unpaired) electrons. The van der Waals surface area contributed by atoms with Crippen molar-refractivity contribution in [3.63, 3.8) is 0 Å². The summed E-state index contributed by atoms with van der Waals surface area (Å²) in [5.74, 6) is -0.297. The van der Waals surface area contributed by atoms with E-state index in [0.29, 0.717) is 23.3 Å². The first-order valence-corrected chi connectivity index (χ1v) is 8.73. The fraction of sp³-hybridized carbons (Fsp3) is 0.364. The molecule has 0 bridgehead atoms. The van der Waals surface area contributed by atoms with Gasteiger partial charge in [-0.3, -0.25) is 9.59 Å². The Morgan fingerprint density at radius 3 is 2.58 bits per heavy atom. The fourth-order valence-electron chi connectivity index (χ4n) is 4.47. The molecule has 3 atom stereocenters. The summed E-state index contributed by atoms with van der Waals surface area (Å²) in [6, 6.07) is 5.08. The van der Waals surface area contributed by atoms with Gasteiger partial charge in [-0.15, -0.1) is 0 Å². The standard InChI is InChI=1S/C22H24O4/c1-6-14-7-9-16-20(24)12(2)13(3)21(25)22(16,4)19(14)15-8-10-17(23)18(11-15)26-5/h6-8,10-11,16,19,23H,1,9H2,2-5H3. The van der Waals surface area contributed by atoms with Crippen LogP contribution in [0.2, 0.25) is 0 Å². The van der Waals surface area contributed by atoms with E-state index < -0.39 is 11.3 Å². The van der Waals surface area contributed by atoms with E-state index >= 15 is 0 Å². The van der Waals surface area contributed by atoms with Gasteiger partial charge in [-0.25, -0.2) is 0 Å². The Morgan fingerprint density at radius 1 is 1.27 bits per heavy atom. The van der Waals surface area contributed by atoms with Crippen LogP contribution in [0.4, 0.5) is 0 Å². The van der Waals surface area contributed by atoms with Crippen molar-refractivity contribution in [2.24, 2.45) is 11.3 Å². The number of ketones is 2. The number of hydrogen-bond donors (Lipinski definition) is 1. The van der Waals surface area contributed by atoms with E-state index in [2.05, 4.69) is 6.58 Å². The number of fused-ring (bicyclic) bond motifs is 1. The lowest BCUT2D eigenvalue weighted by atomic mass is 9.52. The summed E-state index contributed by atoms with van der Waals surface area (Å²) in [7, 11) is 1.49. The van der Waals surface area contributed by atoms with Gasteiger partial charge in [0.2, 0.25) is 0 Å². The summed E-state index contributed by atoms with van der Waals surface area (Å²) in [6.45, 7) is 9.26. The monoisotopic (exact) mass is 352 g/mol. The van der Waals surface area contributed by atoms with Crippen LogP contribution in [0.15, 0.2) is 53.6 Å². The van der Waals surface area contributed by atoms with Gasteiger partial charge < -0.3 is 9.84 Å². The van der Waals surface area contributed by atoms with Gasteiger partial charge in [0, 0.05) is 11.8 Å². The van der Waals surface area contributed by atoms with E-state index in [9.17, 15) is 14.7 Å². The Morgan fingerprint density at radius 2 is 1.96 bits per heavy atom. The Balaban J connectivity index is 2.26. The van der Waals surface area contributed by atoms with Crippen LogP contribution >= 0.6 is 0 Å². The second-order valence-electron chi connectivity index (χ2n) is 7.29. The average molecular weight is 352 g/mol. The SMILES string of the molecule is C=CC1=CCC2C(=O)C(C)=C(C)C(=O)C2(C)C1c1ccc(O)c(OC)c1. The molecular weight excluding hydrogens is 328 g/mol. The molecule has 4 heteroatoms. The Hall–Kier alpha value is -2.62. The lowest BCUT2D eigenvalue weighted by Crippen LogP contribution is -2.50. The third-order valence-corrected chi connectivity index (χ3v) is 6.10. The van der Waals surface area contributed by atoms with Crippen molar-refractivity contribution in [1.82, 2.24) is 0 Å². The quantitative estimate of drug-likeness (QED) is 0.889. The predicted octanol–water partition coefficient (Wildman–Crippen LogP) is 4.11. The first-order valence-electron chi connectivity index (χ1n) is 8.73. The smallest absolute Gasteiger partial charge is 0.166 e. The molecule has 0 saturated carbocycles. The second kappa shape index (κ2) is 6.27. The summed E-state index contributed by atoms with van der Waals surface area (Å²) in [4.78, 5) is 26.3. The summed E-state index contributed by atoms with van der Waals surface area (Å²) in [6.07, 6.45) is 4.28. The molecule has 4 nitrogen and oxygen atoms in total. The van der Waals surface area contributed by atoms with E-state index in [0.717, 1.165) is 11.1 Å². The number of carbonyl (C=O) groups excluding carboxylic acids is 2. The summed E-state index contributed by atoms with van der Waals surface area (Å²) < 4.78 is 5.24. The van der Waals surface area contributed by atoms with Crippen molar-refractivity contribution in [2.75, 3.05) is 7.11 Å². The lowest BCUT2D eigenvalue weighted by molar-refractivity contribution is -0.138. The Bertz CT molecular complexity index is 874. The number of allylic oxidation sites excluding steroid dienone is 5. The van der Waals surface area contributed by atoms with Crippen LogP contribution in [0.5, 0.6) is 11.5 Å². The highest BCUT2D eigenvalue weighted by atomic mass is 16.5. The molecule has 1 aromatic carbocycles. The average Bonchev–Trinajstić information content (AvgIpc) is 2.64. The zero-order valence-corrected chi connectivity index (χ0v) is 15.6. The summed E-state index contributed by atoms with van der Waals surface area (Å²) >= 11 is 0. The number of rotatable bonds is 3. The molecule has 3 unspecified atom stereocenters. The molecule has 2 aliphatic carbocycles. The van der Waals surface area contributed by atoms with E-state index in [4.69, 9.17) is 4.74 Å². The number of hydrogen-bond acceptors (Lipinski definition) is 4. The molecule has 0 saturated heterocycles. The van der Waals surface area contributed by atoms with Crippen molar-refractivity contribution in [3.8, 4) is 11.5 Å². The zero-order chi connectivity index (χ0) is 19.2. The topological polar surface area (TPSA) is 63.6 Å². The van der Waals surface area contributed by atoms with Gasteiger partial charge in [-0.1, -0.05) is 31.7 Å². The number of benzene rings is 1. The number of aromatic hydroxyl groups is 1. The largest absolute Gasteiger partial charge is 0.504 e. The van der Waals surface area contributed by atoms with Crippen LogP contribution in [-0.4, -0.2) is 23.8 Å². The number of ether oxygens (including phenoxy) is 1. The first-order chi connectivity index (χ1) is 12.3. The van der Waals surface area contributed by atoms with Crippen LogP contribution in [0.3, 0.4) is 0 Å².